The predicted octanol–water partition coefficient (Wildman–Crippen LogP) is 3.33. The summed E-state index contributed by atoms with van der Waals surface area (Å²) in [4.78, 5) is 4.45. The zero-order valence-corrected chi connectivity index (χ0v) is 10.4. The Morgan fingerprint density at radius 3 is 2.81 bits per heavy atom. The van der Waals surface area contributed by atoms with E-state index in [2.05, 4.69) is 17.2 Å². The molecule has 0 amide bonds. The maximum atomic E-state index is 6.04. The van der Waals surface area contributed by atoms with Crippen LogP contribution in [0.3, 0.4) is 0 Å². The maximum absolute atomic E-state index is 6.04. The third-order valence-corrected chi connectivity index (χ3v) is 2.82. The lowest BCUT2D eigenvalue weighted by atomic mass is 10.1. The molecule has 16 heavy (non-hydrogen) atoms. The first-order valence-corrected chi connectivity index (χ1v) is 5.73. The van der Waals surface area contributed by atoms with Crippen molar-refractivity contribution in [3.8, 4) is 0 Å². The van der Waals surface area contributed by atoms with Crippen molar-refractivity contribution in [1.82, 2.24) is 10.3 Å². The Morgan fingerprint density at radius 2 is 2.19 bits per heavy atom. The van der Waals surface area contributed by atoms with Gasteiger partial charge in [-0.2, -0.15) is 0 Å². The number of nitrogens with zero attached hydrogens (tertiary/aromatic N) is 1. The summed E-state index contributed by atoms with van der Waals surface area (Å²) in [5, 5.41) is 3.92. The third-order valence-electron chi connectivity index (χ3n) is 2.52. The molecule has 0 radical (unpaired) electrons. The number of halogens is 1. The standard InChI is InChI=1S/C12H15ClN2O/c1-4-14-12(2,3)11-15-9-7-5-6-8(13)10(9)16-11/h5-7,14H,4H2,1-3H3. The molecular weight excluding hydrogens is 224 g/mol. The van der Waals surface area contributed by atoms with Gasteiger partial charge in [0.2, 0.25) is 5.89 Å². The SMILES string of the molecule is CCNC(C)(C)c1nc2cccc(Cl)c2o1. The van der Waals surface area contributed by atoms with Gasteiger partial charge in [-0.1, -0.05) is 24.6 Å². The monoisotopic (exact) mass is 238 g/mol. The van der Waals surface area contributed by atoms with Crippen LogP contribution in [0.2, 0.25) is 5.02 Å². The number of para-hydroxylation sites is 1. The van der Waals surface area contributed by atoms with Crippen molar-refractivity contribution in [3.63, 3.8) is 0 Å². The fourth-order valence-corrected chi connectivity index (χ4v) is 1.91. The largest absolute Gasteiger partial charge is 0.437 e. The summed E-state index contributed by atoms with van der Waals surface area (Å²) in [5.74, 6) is 0.664. The molecule has 0 saturated carbocycles. The molecular formula is C12H15ClN2O. The van der Waals surface area contributed by atoms with E-state index in [4.69, 9.17) is 16.0 Å². The van der Waals surface area contributed by atoms with Crippen molar-refractivity contribution in [2.45, 2.75) is 26.3 Å². The Hall–Kier alpha value is -1.06. The van der Waals surface area contributed by atoms with Gasteiger partial charge in [-0.15, -0.1) is 0 Å². The molecule has 2 rings (SSSR count). The Kier molecular flexibility index (Phi) is 2.91. The average Bonchev–Trinajstić information content (AvgIpc) is 2.63. The number of benzene rings is 1. The summed E-state index contributed by atoms with van der Waals surface area (Å²) < 4.78 is 5.71. The third kappa shape index (κ3) is 1.93. The number of fused-ring (bicyclic) bond motifs is 1. The molecule has 0 aliphatic heterocycles. The van der Waals surface area contributed by atoms with Gasteiger partial charge in [0.15, 0.2) is 5.58 Å². The zero-order valence-electron chi connectivity index (χ0n) is 9.67. The first-order valence-electron chi connectivity index (χ1n) is 5.35. The fourth-order valence-electron chi connectivity index (χ4n) is 1.70. The Bertz CT molecular complexity index is 505. The Balaban J connectivity index is 2.51. The smallest absolute Gasteiger partial charge is 0.215 e. The van der Waals surface area contributed by atoms with Crippen LogP contribution in [0.25, 0.3) is 11.1 Å². The zero-order chi connectivity index (χ0) is 11.8. The van der Waals surface area contributed by atoms with E-state index in [-0.39, 0.29) is 5.54 Å². The fraction of sp³-hybridized carbons (Fsp3) is 0.417. The van der Waals surface area contributed by atoms with Crippen molar-refractivity contribution >= 4 is 22.7 Å². The first kappa shape index (κ1) is 11.4. The highest BCUT2D eigenvalue weighted by atomic mass is 35.5. The van der Waals surface area contributed by atoms with Crippen LogP contribution in [0.1, 0.15) is 26.7 Å². The molecule has 86 valence electrons. The summed E-state index contributed by atoms with van der Waals surface area (Å²) in [7, 11) is 0. The van der Waals surface area contributed by atoms with Crippen molar-refractivity contribution in [2.75, 3.05) is 6.54 Å². The van der Waals surface area contributed by atoms with Gasteiger partial charge in [-0.25, -0.2) is 4.98 Å². The van der Waals surface area contributed by atoms with Crippen LogP contribution in [0.4, 0.5) is 0 Å². The number of hydrogen-bond donors (Lipinski definition) is 1. The molecule has 0 fully saturated rings. The maximum Gasteiger partial charge on any atom is 0.215 e. The van der Waals surface area contributed by atoms with Gasteiger partial charge in [0.1, 0.15) is 5.52 Å². The van der Waals surface area contributed by atoms with Crippen LogP contribution in [0, 0.1) is 0 Å². The summed E-state index contributed by atoms with van der Waals surface area (Å²) >= 11 is 6.04. The molecule has 1 heterocycles. The molecule has 1 N–H and O–H groups in total. The average molecular weight is 239 g/mol. The highest BCUT2D eigenvalue weighted by Crippen LogP contribution is 2.28. The molecule has 0 atom stereocenters. The lowest BCUT2D eigenvalue weighted by Crippen LogP contribution is -2.36. The Labute approximate surface area is 99.8 Å². The summed E-state index contributed by atoms with van der Waals surface area (Å²) in [6, 6.07) is 5.58. The predicted molar refractivity (Wildman–Crippen MR) is 65.7 cm³/mol. The summed E-state index contributed by atoms with van der Waals surface area (Å²) in [6.45, 7) is 6.99. The van der Waals surface area contributed by atoms with E-state index in [1.807, 2.05) is 26.0 Å². The van der Waals surface area contributed by atoms with Crippen LogP contribution in [0.5, 0.6) is 0 Å². The highest BCUT2D eigenvalue weighted by molar-refractivity contribution is 6.34. The molecule has 0 bridgehead atoms. The van der Waals surface area contributed by atoms with Crippen molar-refractivity contribution in [2.24, 2.45) is 0 Å². The van der Waals surface area contributed by atoms with Gasteiger partial charge < -0.3 is 9.73 Å². The summed E-state index contributed by atoms with van der Waals surface area (Å²) in [5.41, 5.74) is 1.18. The van der Waals surface area contributed by atoms with Crippen molar-refractivity contribution < 1.29 is 4.42 Å². The second-order valence-electron chi connectivity index (χ2n) is 4.26. The first-order chi connectivity index (χ1) is 7.54. The molecule has 1 aromatic heterocycles. The minimum Gasteiger partial charge on any atom is -0.437 e. The second-order valence-corrected chi connectivity index (χ2v) is 4.67. The Morgan fingerprint density at radius 1 is 1.44 bits per heavy atom. The van der Waals surface area contributed by atoms with Crippen molar-refractivity contribution in [1.29, 1.82) is 0 Å². The lowest BCUT2D eigenvalue weighted by molar-refractivity contribution is 0.323. The minimum atomic E-state index is -0.281. The van der Waals surface area contributed by atoms with Gasteiger partial charge in [-0.05, 0) is 32.5 Å². The number of oxazole rings is 1. The quantitative estimate of drug-likeness (QED) is 0.892. The molecule has 1 aromatic carbocycles. The van der Waals surface area contributed by atoms with Crippen LogP contribution in [-0.4, -0.2) is 11.5 Å². The molecule has 3 nitrogen and oxygen atoms in total. The van der Waals surface area contributed by atoms with E-state index in [0.717, 1.165) is 12.1 Å². The topological polar surface area (TPSA) is 38.1 Å². The molecule has 0 unspecified atom stereocenters. The molecule has 0 spiro atoms. The van der Waals surface area contributed by atoms with Gasteiger partial charge in [-0.3, -0.25) is 0 Å². The normalized spacial score (nSPS) is 12.2. The second kappa shape index (κ2) is 4.07. The highest BCUT2D eigenvalue weighted by Gasteiger charge is 2.25. The number of rotatable bonds is 3. The van der Waals surface area contributed by atoms with E-state index >= 15 is 0 Å². The van der Waals surface area contributed by atoms with Gasteiger partial charge in [0.05, 0.1) is 10.6 Å². The van der Waals surface area contributed by atoms with E-state index in [9.17, 15) is 0 Å². The van der Waals surface area contributed by atoms with Gasteiger partial charge in [0, 0.05) is 0 Å². The summed E-state index contributed by atoms with van der Waals surface area (Å²) in [6.07, 6.45) is 0. The van der Waals surface area contributed by atoms with Gasteiger partial charge >= 0.3 is 0 Å². The molecule has 4 heteroatoms. The number of hydrogen-bond acceptors (Lipinski definition) is 3. The molecule has 2 aromatic rings. The van der Waals surface area contributed by atoms with Crippen LogP contribution < -0.4 is 5.32 Å². The van der Waals surface area contributed by atoms with E-state index in [1.54, 1.807) is 6.07 Å². The molecule has 0 saturated heterocycles. The van der Waals surface area contributed by atoms with Crippen LogP contribution in [0.15, 0.2) is 22.6 Å². The molecule has 0 aliphatic rings. The lowest BCUT2D eigenvalue weighted by Gasteiger charge is -2.21. The van der Waals surface area contributed by atoms with E-state index < -0.39 is 0 Å². The van der Waals surface area contributed by atoms with Gasteiger partial charge in [0.25, 0.3) is 0 Å². The van der Waals surface area contributed by atoms with E-state index in [1.165, 1.54) is 0 Å². The number of nitrogens with one attached hydrogen (secondary N) is 1. The minimum absolute atomic E-state index is 0.281. The number of aromatic nitrogens is 1. The van der Waals surface area contributed by atoms with Crippen molar-refractivity contribution in [3.05, 3.63) is 29.1 Å². The van der Waals surface area contributed by atoms with E-state index in [0.29, 0.717) is 16.5 Å². The van der Waals surface area contributed by atoms with Crippen LogP contribution >= 0.6 is 11.6 Å². The van der Waals surface area contributed by atoms with Crippen LogP contribution in [-0.2, 0) is 5.54 Å². The molecule has 0 aliphatic carbocycles.